The second-order valence-corrected chi connectivity index (χ2v) is 6.20. The van der Waals surface area contributed by atoms with Gasteiger partial charge in [0.15, 0.2) is 5.78 Å². The monoisotopic (exact) mass is 340 g/mol. The molecular formula is C16H21BrO3. The van der Waals surface area contributed by atoms with Gasteiger partial charge in [-0.3, -0.25) is 4.79 Å². The summed E-state index contributed by atoms with van der Waals surface area (Å²) in [5, 5.41) is 0. The van der Waals surface area contributed by atoms with Crippen molar-refractivity contribution in [2.24, 2.45) is 5.92 Å². The van der Waals surface area contributed by atoms with Gasteiger partial charge in [0.2, 0.25) is 0 Å². The molecule has 4 heteroatoms. The molecule has 1 aliphatic rings. The van der Waals surface area contributed by atoms with Gasteiger partial charge in [0.25, 0.3) is 0 Å². The molecule has 110 valence electrons. The van der Waals surface area contributed by atoms with Crippen LogP contribution in [-0.2, 0) is 4.74 Å². The Hall–Kier alpha value is -0.870. The van der Waals surface area contributed by atoms with E-state index in [1.165, 1.54) is 0 Å². The number of methoxy groups -OCH3 is 1. The fourth-order valence-electron chi connectivity index (χ4n) is 2.63. The van der Waals surface area contributed by atoms with Gasteiger partial charge in [-0.2, -0.15) is 0 Å². The molecule has 20 heavy (non-hydrogen) atoms. The van der Waals surface area contributed by atoms with Crippen LogP contribution in [0, 0.1) is 12.8 Å². The van der Waals surface area contributed by atoms with E-state index in [-0.39, 0.29) is 5.78 Å². The van der Waals surface area contributed by atoms with Gasteiger partial charge in [-0.05, 0) is 50.3 Å². The molecule has 1 aliphatic carbocycles. The lowest BCUT2D eigenvalue weighted by atomic mass is 9.78. The molecule has 1 saturated carbocycles. The summed E-state index contributed by atoms with van der Waals surface area (Å²) >= 11 is 3.48. The summed E-state index contributed by atoms with van der Waals surface area (Å²) in [6.45, 7) is 4.75. The van der Waals surface area contributed by atoms with Crippen molar-refractivity contribution in [2.45, 2.75) is 39.2 Å². The number of hydrogen-bond acceptors (Lipinski definition) is 3. The van der Waals surface area contributed by atoms with E-state index in [2.05, 4.69) is 15.9 Å². The molecule has 0 bridgehead atoms. The standard InChI is InChI=1S/C16H21BrO3/c1-4-20-12-6-11(7-12)8-15(18)13-9-14(17)10(2)5-16(13)19-3/h5,9,11-12H,4,6-8H2,1-3H3. The zero-order chi connectivity index (χ0) is 14.7. The molecule has 0 atom stereocenters. The van der Waals surface area contributed by atoms with E-state index in [4.69, 9.17) is 9.47 Å². The summed E-state index contributed by atoms with van der Waals surface area (Å²) in [6.07, 6.45) is 2.92. The molecule has 0 aliphatic heterocycles. The van der Waals surface area contributed by atoms with Crippen LogP contribution in [0.25, 0.3) is 0 Å². The van der Waals surface area contributed by atoms with Crippen LogP contribution in [0.1, 0.15) is 42.1 Å². The minimum Gasteiger partial charge on any atom is -0.496 e. The smallest absolute Gasteiger partial charge is 0.166 e. The number of ether oxygens (including phenoxy) is 2. The molecule has 1 aromatic carbocycles. The Kier molecular flexibility index (Phi) is 5.22. The molecule has 0 unspecified atom stereocenters. The number of Topliss-reactive ketones (excluding diaryl/α,β-unsaturated/α-hetero) is 1. The van der Waals surface area contributed by atoms with E-state index in [0.29, 0.717) is 29.8 Å². The fourth-order valence-corrected chi connectivity index (χ4v) is 2.97. The molecule has 1 aromatic rings. The molecule has 0 spiro atoms. The first-order chi connectivity index (χ1) is 9.55. The lowest BCUT2D eigenvalue weighted by Crippen LogP contribution is -2.32. The first-order valence-electron chi connectivity index (χ1n) is 7.04. The maximum absolute atomic E-state index is 12.4. The summed E-state index contributed by atoms with van der Waals surface area (Å²) in [5.41, 5.74) is 1.74. The summed E-state index contributed by atoms with van der Waals surface area (Å²) in [6, 6.07) is 3.77. The Morgan fingerprint density at radius 2 is 2.10 bits per heavy atom. The van der Waals surface area contributed by atoms with E-state index < -0.39 is 0 Å². The van der Waals surface area contributed by atoms with E-state index >= 15 is 0 Å². The molecule has 0 radical (unpaired) electrons. The van der Waals surface area contributed by atoms with Crippen molar-refractivity contribution < 1.29 is 14.3 Å². The van der Waals surface area contributed by atoms with Gasteiger partial charge in [0, 0.05) is 17.5 Å². The fraction of sp³-hybridized carbons (Fsp3) is 0.562. The van der Waals surface area contributed by atoms with E-state index in [9.17, 15) is 4.79 Å². The summed E-state index contributed by atoms with van der Waals surface area (Å²) in [4.78, 5) is 12.4. The highest BCUT2D eigenvalue weighted by atomic mass is 79.9. The summed E-state index contributed by atoms with van der Waals surface area (Å²) in [5.74, 6) is 1.27. The third-order valence-corrected chi connectivity index (χ3v) is 4.70. The molecular weight excluding hydrogens is 320 g/mol. The number of carbonyl (C=O) groups is 1. The minimum absolute atomic E-state index is 0.155. The predicted octanol–water partition coefficient (Wildman–Crippen LogP) is 4.15. The van der Waals surface area contributed by atoms with Crippen LogP contribution >= 0.6 is 15.9 Å². The van der Waals surface area contributed by atoms with Crippen molar-refractivity contribution in [2.75, 3.05) is 13.7 Å². The topological polar surface area (TPSA) is 35.5 Å². The van der Waals surface area contributed by atoms with Crippen LogP contribution in [0.4, 0.5) is 0 Å². The highest BCUT2D eigenvalue weighted by Gasteiger charge is 2.31. The number of hydrogen-bond donors (Lipinski definition) is 0. The maximum Gasteiger partial charge on any atom is 0.166 e. The van der Waals surface area contributed by atoms with Crippen LogP contribution in [0.2, 0.25) is 0 Å². The van der Waals surface area contributed by atoms with Gasteiger partial charge in [-0.1, -0.05) is 15.9 Å². The SMILES string of the molecule is CCOC1CC(CC(=O)c2cc(Br)c(C)cc2OC)C1. The Balaban J connectivity index is 2.01. The minimum atomic E-state index is 0.155. The van der Waals surface area contributed by atoms with Gasteiger partial charge >= 0.3 is 0 Å². The zero-order valence-corrected chi connectivity index (χ0v) is 13.8. The predicted molar refractivity (Wildman–Crippen MR) is 82.5 cm³/mol. The quantitative estimate of drug-likeness (QED) is 0.729. The molecule has 3 nitrogen and oxygen atoms in total. The van der Waals surface area contributed by atoms with Crippen LogP contribution in [-0.4, -0.2) is 25.6 Å². The first-order valence-corrected chi connectivity index (χ1v) is 7.83. The number of benzene rings is 1. The average Bonchev–Trinajstić information content (AvgIpc) is 2.38. The van der Waals surface area contributed by atoms with Gasteiger partial charge in [0.05, 0.1) is 18.8 Å². The van der Waals surface area contributed by atoms with Gasteiger partial charge < -0.3 is 9.47 Å². The number of rotatable bonds is 6. The molecule has 0 amide bonds. The lowest BCUT2D eigenvalue weighted by Gasteiger charge is -2.34. The van der Waals surface area contributed by atoms with Gasteiger partial charge in [0.1, 0.15) is 5.75 Å². The number of ketones is 1. The van der Waals surface area contributed by atoms with Crippen LogP contribution in [0.15, 0.2) is 16.6 Å². The Labute approximate surface area is 128 Å². The van der Waals surface area contributed by atoms with Crippen molar-refractivity contribution in [3.8, 4) is 5.75 Å². The van der Waals surface area contributed by atoms with Gasteiger partial charge in [-0.15, -0.1) is 0 Å². The number of aryl methyl sites for hydroxylation is 1. The largest absolute Gasteiger partial charge is 0.496 e. The highest BCUT2D eigenvalue weighted by Crippen LogP contribution is 2.35. The first kappa shape index (κ1) is 15.5. The van der Waals surface area contributed by atoms with E-state index in [1.54, 1.807) is 7.11 Å². The highest BCUT2D eigenvalue weighted by molar-refractivity contribution is 9.10. The molecule has 0 aromatic heterocycles. The Morgan fingerprint density at radius 1 is 1.40 bits per heavy atom. The summed E-state index contributed by atoms with van der Waals surface area (Å²) in [7, 11) is 1.61. The Morgan fingerprint density at radius 3 is 2.70 bits per heavy atom. The molecule has 2 rings (SSSR count). The second kappa shape index (κ2) is 6.72. The van der Waals surface area contributed by atoms with Gasteiger partial charge in [-0.25, -0.2) is 0 Å². The van der Waals surface area contributed by atoms with Crippen molar-refractivity contribution in [1.29, 1.82) is 0 Å². The summed E-state index contributed by atoms with van der Waals surface area (Å²) < 4.78 is 11.8. The third-order valence-electron chi connectivity index (χ3n) is 3.85. The zero-order valence-electron chi connectivity index (χ0n) is 12.2. The number of halogens is 1. The maximum atomic E-state index is 12.4. The lowest BCUT2D eigenvalue weighted by molar-refractivity contribution is -0.0246. The average molecular weight is 341 g/mol. The van der Waals surface area contributed by atoms with Crippen molar-refractivity contribution in [3.05, 3.63) is 27.7 Å². The van der Waals surface area contributed by atoms with Crippen LogP contribution in [0.5, 0.6) is 5.75 Å². The van der Waals surface area contributed by atoms with Crippen molar-refractivity contribution in [3.63, 3.8) is 0 Å². The second-order valence-electron chi connectivity index (χ2n) is 5.34. The van der Waals surface area contributed by atoms with Crippen molar-refractivity contribution in [1.82, 2.24) is 0 Å². The van der Waals surface area contributed by atoms with Crippen molar-refractivity contribution >= 4 is 21.7 Å². The molecule has 0 N–H and O–H groups in total. The molecule has 0 heterocycles. The van der Waals surface area contributed by atoms with Crippen LogP contribution in [0.3, 0.4) is 0 Å². The molecule has 0 saturated heterocycles. The number of carbonyl (C=O) groups excluding carboxylic acids is 1. The van der Waals surface area contributed by atoms with Crippen LogP contribution < -0.4 is 4.74 Å². The van der Waals surface area contributed by atoms with E-state index in [0.717, 1.165) is 29.5 Å². The van der Waals surface area contributed by atoms with E-state index in [1.807, 2.05) is 26.0 Å². The third kappa shape index (κ3) is 3.41. The molecule has 1 fully saturated rings. The normalized spacial score (nSPS) is 21.4. The Bertz CT molecular complexity index is 493.